The first-order valence-corrected chi connectivity index (χ1v) is 6.33. The SMILES string of the molecule is CC(C)c1ccccc1NC(=O)NC(=O)CCCl. The second-order valence-electron chi connectivity index (χ2n) is 4.18. The molecule has 0 aliphatic heterocycles. The number of amides is 3. The van der Waals surface area contributed by atoms with Crippen LogP contribution in [0, 0.1) is 0 Å². The molecule has 0 heterocycles. The standard InChI is InChI=1S/C13H17ClN2O2/c1-9(2)10-5-3-4-6-11(10)15-13(18)16-12(17)7-8-14/h3-6,9H,7-8H2,1-2H3,(H2,15,16,17,18). The van der Waals surface area contributed by atoms with E-state index < -0.39 is 6.03 Å². The minimum atomic E-state index is -0.529. The summed E-state index contributed by atoms with van der Waals surface area (Å²) in [5, 5.41) is 4.89. The molecule has 4 nitrogen and oxygen atoms in total. The van der Waals surface area contributed by atoms with Crippen molar-refractivity contribution in [3.63, 3.8) is 0 Å². The van der Waals surface area contributed by atoms with E-state index in [2.05, 4.69) is 10.6 Å². The molecule has 2 N–H and O–H groups in total. The topological polar surface area (TPSA) is 58.2 Å². The molecule has 5 heteroatoms. The fourth-order valence-electron chi connectivity index (χ4n) is 1.54. The van der Waals surface area contributed by atoms with Crippen molar-refractivity contribution < 1.29 is 9.59 Å². The zero-order chi connectivity index (χ0) is 13.5. The Kier molecular flexibility index (Phi) is 5.65. The van der Waals surface area contributed by atoms with Gasteiger partial charge in [-0.2, -0.15) is 0 Å². The molecule has 1 aromatic carbocycles. The van der Waals surface area contributed by atoms with Gasteiger partial charge in [0.05, 0.1) is 0 Å². The molecule has 1 aromatic rings. The lowest BCUT2D eigenvalue weighted by molar-refractivity contribution is -0.119. The summed E-state index contributed by atoms with van der Waals surface area (Å²) < 4.78 is 0. The van der Waals surface area contributed by atoms with Crippen LogP contribution in [0.3, 0.4) is 0 Å². The van der Waals surface area contributed by atoms with E-state index in [0.29, 0.717) is 11.6 Å². The second kappa shape index (κ2) is 7.01. The van der Waals surface area contributed by atoms with Gasteiger partial charge in [-0.3, -0.25) is 10.1 Å². The normalized spacial score (nSPS) is 10.2. The molecule has 98 valence electrons. The van der Waals surface area contributed by atoms with E-state index in [1.165, 1.54) is 0 Å². The maximum absolute atomic E-state index is 11.6. The van der Waals surface area contributed by atoms with Gasteiger partial charge in [0, 0.05) is 18.0 Å². The van der Waals surface area contributed by atoms with Crippen molar-refractivity contribution in [2.24, 2.45) is 0 Å². The van der Waals surface area contributed by atoms with Crippen molar-refractivity contribution in [3.8, 4) is 0 Å². The molecule has 0 saturated carbocycles. The van der Waals surface area contributed by atoms with Gasteiger partial charge in [-0.1, -0.05) is 32.0 Å². The van der Waals surface area contributed by atoms with Crippen LogP contribution in [0.4, 0.5) is 10.5 Å². The number of urea groups is 1. The monoisotopic (exact) mass is 268 g/mol. The molecule has 0 unspecified atom stereocenters. The Balaban J connectivity index is 2.67. The number of anilines is 1. The number of alkyl halides is 1. The van der Waals surface area contributed by atoms with Crippen LogP contribution in [0.2, 0.25) is 0 Å². The molecule has 0 aliphatic carbocycles. The third-order valence-corrected chi connectivity index (χ3v) is 2.59. The molecular formula is C13H17ClN2O2. The molecule has 0 aliphatic rings. The highest BCUT2D eigenvalue weighted by molar-refractivity contribution is 6.19. The highest BCUT2D eigenvalue weighted by Crippen LogP contribution is 2.23. The number of imide groups is 1. The Morgan fingerprint density at radius 3 is 2.56 bits per heavy atom. The number of hydrogen-bond acceptors (Lipinski definition) is 2. The van der Waals surface area contributed by atoms with Gasteiger partial charge in [-0.05, 0) is 17.5 Å². The molecule has 0 atom stereocenters. The number of para-hydroxylation sites is 1. The lowest BCUT2D eigenvalue weighted by atomic mass is 10.0. The number of carbonyl (C=O) groups excluding carboxylic acids is 2. The lowest BCUT2D eigenvalue weighted by Crippen LogP contribution is -2.34. The predicted octanol–water partition coefficient (Wildman–Crippen LogP) is 3.09. The van der Waals surface area contributed by atoms with Crippen LogP contribution in [0.25, 0.3) is 0 Å². The molecule has 3 amide bonds. The van der Waals surface area contributed by atoms with Gasteiger partial charge in [0.1, 0.15) is 0 Å². The number of hydrogen-bond donors (Lipinski definition) is 2. The van der Waals surface area contributed by atoms with Gasteiger partial charge in [0.15, 0.2) is 0 Å². The van der Waals surface area contributed by atoms with Gasteiger partial charge in [-0.25, -0.2) is 4.79 Å². The summed E-state index contributed by atoms with van der Waals surface area (Å²) in [6.45, 7) is 4.08. The minimum absolute atomic E-state index is 0.126. The first-order valence-electron chi connectivity index (χ1n) is 5.80. The van der Waals surface area contributed by atoms with Crippen molar-refractivity contribution in [3.05, 3.63) is 29.8 Å². The molecule has 18 heavy (non-hydrogen) atoms. The molecule has 0 bridgehead atoms. The summed E-state index contributed by atoms with van der Waals surface area (Å²) in [5.41, 5.74) is 1.74. The average Bonchev–Trinajstić information content (AvgIpc) is 2.29. The third kappa shape index (κ3) is 4.37. The van der Waals surface area contributed by atoms with E-state index in [9.17, 15) is 9.59 Å². The van der Waals surface area contributed by atoms with E-state index in [4.69, 9.17) is 11.6 Å². The quantitative estimate of drug-likeness (QED) is 0.825. The Morgan fingerprint density at radius 1 is 1.28 bits per heavy atom. The summed E-state index contributed by atoms with van der Waals surface area (Å²) in [5.74, 6) is 0.103. The van der Waals surface area contributed by atoms with Crippen LogP contribution in [-0.2, 0) is 4.79 Å². The molecule has 0 fully saturated rings. The van der Waals surface area contributed by atoms with E-state index in [-0.39, 0.29) is 18.2 Å². The van der Waals surface area contributed by atoms with Crippen LogP contribution < -0.4 is 10.6 Å². The molecule has 1 rings (SSSR count). The molecule has 0 radical (unpaired) electrons. The average molecular weight is 269 g/mol. The fraction of sp³-hybridized carbons (Fsp3) is 0.385. The molecular weight excluding hydrogens is 252 g/mol. The highest BCUT2D eigenvalue weighted by Gasteiger charge is 2.10. The first-order chi connectivity index (χ1) is 8.54. The zero-order valence-electron chi connectivity index (χ0n) is 10.5. The molecule has 0 saturated heterocycles. The number of carbonyl (C=O) groups is 2. The lowest BCUT2D eigenvalue weighted by Gasteiger charge is -2.13. The van der Waals surface area contributed by atoms with Crippen LogP contribution >= 0.6 is 11.6 Å². The zero-order valence-corrected chi connectivity index (χ0v) is 11.3. The van der Waals surface area contributed by atoms with Gasteiger partial charge >= 0.3 is 6.03 Å². The van der Waals surface area contributed by atoms with Gasteiger partial charge in [-0.15, -0.1) is 11.6 Å². The van der Waals surface area contributed by atoms with Crippen molar-refractivity contribution in [2.75, 3.05) is 11.2 Å². The minimum Gasteiger partial charge on any atom is -0.307 e. The van der Waals surface area contributed by atoms with Crippen LogP contribution in [-0.4, -0.2) is 17.8 Å². The summed E-state index contributed by atoms with van der Waals surface area (Å²) in [4.78, 5) is 22.8. The first kappa shape index (κ1) is 14.5. The van der Waals surface area contributed by atoms with Crippen LogP contribution in [0.15, 0.2) is 24.3 Å². The Labute approximate surface area is 112 Å². The summed E-state index contributed by atoms with van der Waals surface area (Å²) in [7, 11) is 0. The summed E-state index contributed by atoms with van der Waals surface area (Å²) >= 11 is 5.41. The third-order valence-electron chi connectivity index (χ3n) is 2.41. The summed E-state index contributed by atoms with van der Waals surface area (Å²) in [6, 6.07) is 6.97. The smallest absolute Gasteiger partial charge is 0.307 e. The molecule has 0 spiro atoms. The summed E-state index contributed by atoms with van der Waals surface area (Å²) in [6.07, 6.45) is 0.126. The van der Waals surface area contributed by atoms with E-state index >= 15 is 0 Å². The van der Waals surface area contributed by atoms with Crippen molar-refractivity contribution in [1.29, 1.82) is 0 Å². The van der Waals surface area contributed by atoms with Gasteiger partial charge < -0.3 is 5.32 Å². The van der Waals surface area contributed by atoms with Crippen molar-refractivity contribution in [1.82, 2.24) is 5.32 Å². The van der Waals surface area contributed by atoms with Gasteiger partial charge in [0.2, 0.25) is 5.91 Å². The molecule has 0 aromatic heterocycles. The maximum atomic E-state index is 11.6. The highest BCUT2D eigenvalue weighted by atomic mass is 35.5. The van der Waals surface area contributed by atoms with Crippen LogP contribution in [0.1, 0.15) is 31.7 Å². The number of benzene rings is 1. The number of halogens is 1. The Hall–Kier alpha value is -1.55. The number of nitrogens with one attached hydrogen (secondary N) is 2. The number of rotatable bonds is 4. The fourth-order valence-corrected chi connectivity index (χ4v) is 1.71. The van der Waals surface area contributed by atoms with Crippen molar-refractivity contribution in [2.45, 2.75) is 26.2 Å². The Bertz CT molecular complexity index is 433. The van der Waals surface area contributed by atoms with Crippen LogP contribution in [0.5, 0.6) is 0 Å². The van der Waals surface area contributed by atoms with Crippen molar-refractivity contribution >= 4 is 29.2 Å². The van der Waals surface area contributed by atoms with E-state index in [0.717, 1.165) is 5.56 Å². The van der Waals surface area contributed by atoms with Gasteiger partial charge in [0.25, 0.3) is 0 Å². The van der Waals surface area contributed by atoms with E-state index in [1.54, 1.807) is 6.07 Å². The largest absolute Gasteiger partial charge is 0.325 e. The van der Waals surface area contributed by atoms with E-state index in [1.807, 2.05) is 32.0 Å². The predicted molar refractivity (Wildman–Crippen MR) is 73.0 cm³/mol. The Morgan fingerprint density at radius 2 is 1.94 bits per heavy atom. The maximum Gasteiger partial charge on any atom is 0.325 e. The second-order valence-corrected chi connectivity index (χ2v) is 4.56.